The molecule has 3 aromatic carbocycles. The summed E-state index contributed by atoms with van der Waals surface area (Å²) >= 11 is 0. The quantitative estimate of drug-likeness (QED) is 0.367. The van der Waals surface area contributed by atoms with Crippen LogP contribution in [0.25, 0.3) is 11.1 Å². The molecule has 0 amide bonds. The lowest BCUT2D eigenvalue weighted by Crippen LogP contribution is -2.22. The highest BCUT2D eigenvalue weighted by Crippen LogP contribution is 2.28. The summed E-state index contributed by atoms with van der Waals surface area (Å²) in [6, 6.07) is 23.2. The van der Waals surface area contributed by atoms with Crippen molar-refractivity contribution in [1.82, 2.24) is 5.32 Å². The van der Waals surface area contributed by atoms with Crippen LogP contribution in [0.3, 0.4) is 0 Å². The first-order valence-electron chi connectivity index (χ1n) is 11.0. The third kappa shape index (κ3) is 6.67. The molecule has 1 atom stereocenters. The Morgan fingerprint density at radius 1 is 0.969 bits per heavy atom. The van der Waals surface area contributed by atoms with Gasteiger partial charge in [-0.2, -0.15) is 0 Å². The van der Waals surface area contributed by atoms with Crippen molar-refractivity contribution in [2.45, 2.75) is 38.9 Å². The Kier molecular flexibility index (Phi) is 8.42. The molecule has 0 aromatic heterocycles. The molecule has 0 saturated heterocycles. The minimum Gasteiger partial charge on any atom is -0.490 e. The Hall–Kier alpha value is -3.15. The first-order chi connectivity index (χ1) is 15.4. The number of carbonyl (C=O) groups is 1. The summed E-state index contributed by atoms with van der Waals surface area (Å²) in [5.41, 5.74) is 4.27. The number of benzene rings is 3. The number of nitrogens with one attached hydrogen (secondary N) is 1. The fraction of sp³-hybridized carbons (Fsp3) is 0.296. The van der Waals surface area contributed by atoms with Gasteiger partial charge in [0.25, 0.3) is 0 Å². The average molecular weight is 434 g/mol. The number of aromatic carboxylic acids is 1. The Labute approximate surface area is 189 Å². The minimum atomic E-state index is -0.993. The van der Waals surface area contributed by atoms with Crippen molar-refractivity contribution in [3.8, 4) is 16.9 Å². The molecule has 0 heterocycles. The van der Waals surface area contributed by atoms with Crippen LogP contribution in [0.15, 0.2) is 72.8 Å². The SMILES string of the molecule is CC(C)Oc1cc(-c2ccc(CCCNC[C@@H](O)c3ccccc3)cc2)ccc1C(=O)O. The third-order valence-electron chi connectivity index (χ3n) is 5.20. The van der Waals surface area contributed by atoms with Gasteiger partial charge in [-0.3, -0.25) is 0 Å². The molecule has 0 saturated carbocycles. The van der Waals surface area contributed by atoms with E-state index in [1.54, 1.807) is 12.1 Å². The highest BCUT2D eigenvalue weighted by Gasteiger charge is 2.14. The molecule has 3 aromatic rings. The van der Waals surface area contributed by atoms with Crippen molar-refractivity contribution < 1.29 is 19.7 Å². The summed E-state index contributed by atoms with van der Waals surface area (Å²) in [4.78, 5) is 11.5. The van der Waals surface area contributed by atoms with E-state index < -0.39 is 12.1 Å². The molecule has 5 nitrogen and oxygen atoms in total. The van der Waals surface area contributed by atoms with Crippen molar-refractivity contribution in [2.75, 3.05) is 13.1 Å². The van der Waals surface area contributed by atoms with Gasteiger partial charge in [0.05, 0.1) is 12.2 Å². The van der Waals surface area contributed by atoms with Crippen LogP contribution in [0.1, 0.15) is 47.9 Å². The Morgan fingerprint density at radius 2 is 1.66 bits per heavy atom. The number of rotatable bonds is 11. The van der Waals surface area contributed by atoms with Crippen LogP contribution in [0, 0.1) is 0 Å². The van der Waals surface area contributed by atoms with Crippen LogP contribution in [0.4, 0.5) is 0 Å². The second kappa shape index (κ2) is 11.5. The maximum Gasteiger partial charge on any atom is 0.339 e. The molecule has 0 radical (unpaired) electrons. The molecule has 32 heavy (non-hydrogen) atoms. The molecule has 0 aliphatic rings. The molecule has 0 aliphatic heterocycles. The third-order valence-corrected chi connectivity index (χ3v) is 5.20. The molecule has 0 fully saturated rings. The summed E-state index contributed by atoms with van der Waals surface area (Å²) in [6.45, 7) is 5.13. The van der Waals surface area contributed by atoms with Crippen LogP contribution in [0.2, 0.25) is 0 Å². The second-order valence-electron chi connectivity index (χ2n) is 8.11. The average Bonchev–Trinajstić information content (AvgIpc) is 2.79. The van der Waals surface area contributed by atoms with Gasteiger partial charge >= 0.3 is 5.97 Å². The fourth-order valence-corrected chi connectivity index (χ4v) is 3.54. The molecular weight excluding hydrogens is 402 g/mol. The first kappa shape index (κ1) is 23.5. The number of ether oxygens (including phenoxy) is 1. The van der Waals surface area contributed by atoms with E-state index in [0.717, 1.165) is 36.1 Å². The van der Waals surface area contributed by atoms with Gasteiger partial charge in [-0.1, -0.05) is 60.7 Å². The van der Waals surface area contributed by atoms with Crippen molar-refractivity contribution in [3.63, 3.8) is 0 Å². The highest BCUT2D eigenvalue weighted by atomic mass is 16.5. The van der Waals surface area contributed by atoms with Crippen molar-refractivity contribution >= 4 is 5.97 Å². The molecular formula is C27H31NO4. The first-order valence-corrected chi connectivity index (χ1v) is 11.0. The van der Waals surface area contributed by atoms with Crippen LogP contribution >= 0.6 is 0 Å². The maximum atomic E-state index is 11.5. The van der Waals surface area contributed by atoms with E-state index >= 15 is 0 Å². The molecule has 0 spiro atoms. The molecule has 0 aliphatic carbocycles. The van der Waals surface area contributed by atoms with E-state index in [1.807, 2.05) is 50.2 Å². The summed E-state index contributed by atoms with van der Waals surface area (Å²) < 4.78 is 5.71. The summed E-state index contributed by atoms with van der Waals surface area (Å²) in [7, 11) is 0. The van der Waals surface area contributed by atoms with E-state index in [-0.39, 0.29) is 11.7 Å². The van der Waals surface area contributed by atoms with Gasteiger partial charge in [-0.15, -0.1) is 0 Å². The van der Waals surface area contributed by atoms with Crippen LogP contribution in [-0.4, -0.2) is 35.4 Å². The minimum absolute atomic E-state index is 0.104. The van der Waals surface area contributed by atoms with E-state index in [9.17, 15) is 15.0 Å². The van der Waals surface area contributed by atoms with E-state index in [0.29, 0.717) is 12.3 Å². The Balaban J connectivity index is 1.52. The zero-order chi connectivity index (χ0) is 22.9. The Morgan fingerprint density at radius 3 is 2.31 bits per heavy atom. The number of aliphatic hydroxyl groups is 1. The van der Waals surface area contributed by atoms with Crippen molar-refractivity contribution in [2.24, 2.45) is 0 Å². The topological polar surface area (TPSA) is 78.8 Å². The normalized spacial score (nSPS) is 12.0. The van der Waals surface area contributed by atoms with E-state index in [1.165, 1.54) is 5.56 Å². The van der Waals surface area contributed by atoms with Gasteiger partial charge in [0.15, 0.2) is 0 Å². The Bertz CT molecular complexity index is 1000. The van der Waals surface area contributed by atoms with Crippen LogP contribution < -0.4 is 10.1 Å². The number of carboxylic acids is 1. The number of aryl methyl sites for hydroxylation is 1. The van der Waals surface area contributed by atoms with Gasteiger partial charge in [0, 0.05) is 6.54 Å². The van der Waals surface area contributed by atoms with E-state index in [2.05, 4.69) is 29.6 Å². The number of hydrogen-bond donors (Lipinski definition) is 3. The highest BCUT2D eigenvalue weighted by molar-refractivity contribution is 5.92. The summed E-state index contributed by atoms with van der Waals surface area (Å²) in [6.07, 6.45) is 1.32. The summed E-state index contributed by atoms with van der Waals surface area (Å²) in [5, 5.41) is 22.9. The largest absolute Gasteiger partial charge is 0.490 e. The van der Waals surface area contributed by atoms with Crippen molar-refractivity contribution in [3.05, 3.63) is 89.5 Å². The molecule has 3 rings (SSSR count). The predicted molar refractivity (Wildman–Crippen MR) is 127 cm³/mol. The standard InChI is InChI=1S/C27H31NO4/c1-19(2)32-26-17-23(14-15-24(26)27(30)31)21-12-10-20(11-13-21)7-6-16-28-18-25(29)22-8-4-3-5-9-22/h3-5,8-15,17,19,25,28-29H,6-7,16,18H2,1-2H3,(H,30,31)/t25-/m1/s1. The van der Waals surface area contributed by atoms with Crippen LogP contribution in [-0.2, 0) is 6.42 Å². The predicted octanol–water partition coefficient (Wildman–Crippen LogP) is 5.09. The maximum absolute atomic E-state index is 11.5. The van der Waals surface area contributed by atoms with Gasteiger partial charge in [0.1, 0.15) is 11.3 Å². The molecule has 3 N–H and O–H groups in total. The van der Waals surface area contributed by atoms with Gasteiger partial charge < -0.3 is 20.3 Å². The van der Waals surface area contributed by atoms with Crippen molar-refractivity contribution in [1.29, 1.82) is 0 Å². The van der Waals surface area contributed by atoms with Gasteiger partial charge in [0.2, 0.25) is 0 Å². The number of hydrogen-bond acceptors (Lipinski definition) is 4. The molecule has 0 unspecified atom stereocenters. The lowest BCUT2D eigenvalue weighted by molar-refractivity contribution is 0.0690. The molecule has 0 bridgehead atoms. The fourth-order valence-electron chi connectivity index (χ4n) is 3.54. The zero-order valence-electron chi connectivity index (χ0n) is 18.6. The van der Waals surface area contributed by atoms with E-state index in [4.69, 9.17) is 4.74 Å². The lowest BCUT2D eigenvalue weighted by atomic mass is 10.0. The van der Waals surface area contributed by atoms with Gasteiger partial charge in [-0.25, -0.2) is 4.79 Å². The molecule has 168 valence electrons. The number of carboxylic acid groups (broad SMARTS) is 1. The van der Waals surface area contributed by atoms with Crippen LogP contribution in [0.5, 0.6) is 5.75 Å². The monoisotopic (exact) mass is 433 g/mol. The smallest absolute Gasteiger partial charge is 0.339 e. The summed E-state index contributed by atoms with van der Waals surface area (Å²) in [5.74, 6) is -0.606. The second-order valence-corrected chi connectivity index (χ2v) is 8.11. The zero-order valence-corrected chi connectivity index (χ0v) is 18.6. The molecule has 5 heteroatoms. The lowest BCUT2D eigenvalue weighted by Gasteiger charge is -2.14. The number of aliphatic hydroxyl groups excluding tert-OH is 1. The van der Waals surface area contributed by atoms with Gasteiger partial charge in [-0.05, 0) is 67.6 Å².